The smallest absolute Gasteiger partial charge is 0.215 e. The first kappa shape index (κ1) is 25.1. The van der Waals surface area contributed by atoms with Crippen molar-refractivity contribution in [1.29, 1.82) is 5.41 Å². The van der Waals surface area contributed by atoms with Crippen molar-refractivity contribution in [2.45, 2.75) is 25.7 Å². The summed E-state index contributed by atoms with van der Waals surface area (Å²) in [5.41, 5.74) is 3.16. The number of fused-ring (bicyclic) bond motifs is 1. The highest BCUT2D eigenvalue weighted by atomic mass is 19.2. The van der Waals surface area contributed by atoms with Crippen molar-refractivity contribution in [3.63, 3.8) is 0 Å². The third-order valence-electron chi connectivity index (χ3n) is 6.49. The summed E-state index contributed by atoms with van der Waals surface area (Å²) in [6, 6.07) is 19.3. The molecular formula is C29H29F2N3O2. The van der Waals surface area contributed by atoms with E-state index in [1.54, 1.807) is 31.5 Å². The zero-order valence-corrected chi connectivity index (χ0v) is 20.6. The van der Waals surface area contributed by atoms with E-state index in [0.717, 1.165) is 23.0 Å². The first-order chi connectivity index (χ1) is 17.4. The first-order valence-corrected chi connectivity index (χ1v) is 11.7. The molecule has 0 radical (unpaired) electrons. The molecule has 1 heterocycles. The third-order valence-corrected chi connectivity index (χ3v) is 6.49. The van der Waals surface area contributed by atoms with Crippen LogP contribution in [0, 0.1) is 17.0 Å². The zero-order valence-electron chi connectivity index (χ0n) is 20.6. The van der Waals surface area contributed by atoms with E-state index >= 15 is 0 Å². The summed E-state index contributed by atoms with van der Waals surface area (Å²) in [7, 11) is 1.61. The van der Waals surface area contributed by atoms with Gasteiger partial charge in [0, 0.05) is 35.1 Å². The van der Waals surface area contributed by atoms with E-state index in [1.165, 1.54) is 6.07 Å². The second-order valence-corrected chi connectivity index (χ2v) is 8.70. The summed E-state index contributed by atoms with van der Waals surface area (Å²) in [6.45, 7) is 4.72. The molecule has 0 aromatic heterocycles. The number of likely N-dealkylation sites (N-methyl/N-ethyl adjacent to an activating group) is 1. The molecule has 0 spiro atoms. The monoisotopic (exact) mass is 489 g/mol. The molecule has 3 aromatic rings. The topological polar surface area (TPSA) is 57.9 Å². The Hall–Kier alpha value is -4.00. The maximum atomic E-state index is 14.7. The highest BCUT2D eigenvalue weighted by Crippen LogP contribution is 2.50. The van der Waals surface area contributed by atoms with Crippen LogP contribution in [0.2, 0.25) is 0 Å². The number of halogens is 2. The number of hydrogen-bond donors (Lipinski definition) is 1. The van der Waals surface area contributed by atoms with E-state index in [-0.39, 0.29) is 19.0 Å². The predicted octanol–water partition coefficient (Wildman–Crippen LogP) is 6.27. The Morgan fingerprint density at radius 2 is 1.86 bits per heavy atom. The molecule has 1 aliphatic heterocycles. The Labute approximate surface area is 210 Å². The molecule has 0 aliphatic carbocycles. The van der Waals surface area contributed by atoms with Crippen molar-refractivity contribution in [3.05, 3.63) is 107 Å². The minimum Gasteiger partial charge on any atom is -0.497 e. The molecule has 0 saturated heterocycles. The molecule has 7 heteroatoms. The molecule has 3 aromatic carbocycles. The molecule has 1 unspecified atom stereocenters. The molecule has 1 N–H and O–H groups in total. The van der Waals surface area contributed by atoms with Crippen molar-refractivity contribution in [1.82, 2.24) is 0 Å². The summed E-state index contributed by atoms with van der Waals surface area (Å²) in [5.74, 6) is -0.961. The summed E-state index contributed by atoms with van der Waals surface area (Å²) in [6.07, 6.45) is 3.77. The fourth-order valence-electron chi connectivity index (χ4n) is 4.69. The van der Waals surface area contributed by atoms with Gasteiger partial charge in [-0.25, -0.2) is 8.78 Å². The quantitative estimate of drug-likeness (QED) is 0.300. The fraction of sp³-hybridized carbons (Fsp3) is 0.241. The van der Waals surface area contributed by atoms with Crippen molar-refractivity contribution in [2.75, 3.05) is 25.3 Å². The zero-order chi connectivity index (χ0) is 25.7. The van der Waals surface area contributed by atoms with Crippen LogP contribution in [0.4, 0.5) is 14.5 Å². The molecular weight excluding hydrogens is 460 g/mol. The van der Waals surface area contributed by atoms with Crippen LogP contribution < -0.4 is 9.64 Å². The Morgan fingerprint density at radius 1 is 1.08 bits per heavy atom. The minimum atomic E-state index is -0.864. The van der Waals surface area contributed by atoms with Crippen LogP contribution in [0.15, 0.2) is 83.5 Å². The highest BCUT2D eigenvalue weighted by molar-refractivity contribution is 5.91. The number of nitrogens with zero attached hydrogens (tertiary/aromatic N) is 2. The summed E-state index contributed by atoms with van der Waals surface area (Å²) >= 11 is 0. The SMILES string of the molecule is CCN1/C(=C\C=N/COC(=N)c2ccccc2)C(C)(Cc2cccc(F)c2F)c2cc(OC)ccc21. The van der Waals surface area contributed by atoms with Crippen molar-refractivity contribution in [3.8, 4) is 5.75 Å². The lowest BCUT2D eigenvalue weighted by Crippen LogP contribution is -2.31. The van der Waals surface area contributed by atoms with Gasteiger partial charge in [0.1, 0.15) is 5.75 Å². The molecule has 36 heavy (non-hydrogen) atoms. The average molecular weight is 490 g/mol. The fourth-order valence-corrected chi connectivity index (χ4v) is 4.69. The third kappa shape index (κ3) is 4.87. The van der Waals surface area contributed by atoms with Gasteiger partial charge in [-0.05, 0) is 73.9 Å². The van der Waals surface area contributed by atoms with Crippen LogP contribution in [0.25, 0.3) is 0 Å². The van der Waals surface area contributed by atoms with Gasteiger partial charge in [0.05, 0.1) is 7.11 Å². The number of ether oxygens (including phenoxy) is 2. The lowest BCUT2D eigenvalue weighted by Gasteiger charge is -2.30. The number of aliphatic imine (C=N–C) groups is 1. The molecule has 1 aliphatic rings. The Morgan fingerprint density at radius 3 is 2.58 bits per heavy atom. The number of allylic oxidation sites excluding steroid dienone is 2. The molecule has 1 atom stereocenters. The van der Waals surface area contributed by atoms with E-state index in [4.69, 9.17) is 14.9 Å². The molecule has 0 amide bonds. The molecule has 186 valence electrons. The molecule has 0 fully saturated rings. The number of benzene rings is 3. The number of methoxy groups -OCH3 is 1. The van der Waals surface area contributed by atoms with Gasteiger partial charge < -0.3 is 14.4 Å². The number of hydrogen-bond acceptors (Lipinski definition) is 5. The Kier molecular flexibility index (Phi) is 7.48. The predicted molar refractivity (Wildman–Crippen MR) is 139 cm³/mol. The summed E-state index contributed by atoms with van der Waals surface area (Å²) < 4.78 is 39.7. The minimum absolute atomic E-state index is 0.0142. The summed E-state index contributed by atoms with van der Waals surface area (Å²) in [5, 5.41) is 8.05. The average Bonchev–Trinajstić information content (AvgIpc) is 3.13. The molecule has 0 saturated carbocycles. The number of nitrogens with one attached hydrogen (secondary N) is 1. The van der Waals surface area contributed by atoms with E-state index in [1.807, 2.05) is 56.3 Å². The maximum absolute atomic E-state index is 14.7. The number of rotatable bonds is 8. The standard InChI is InChI=1S/C29H29F2N3O2/c1-4-34-25-14-13-22(35-3)17-23(25)29(2,18-21-11-8-12-24(30)27(21)31)26(34)15-16-33-19-36-28(32)20-9-6-5-7-10-20/h5-17,32H,4,18-19H2,1-3H3/b26-15-,32-28?,33-16-. The lowest BCUT2D eigenvalue weighted by atomic mass is 9.76. The van der Waals surface area contributed by atoms with Crippen molar-refractivity contribution < 1.29 is 18.3 Å². The Balaban J connectivity index is 1.65. The second-order valence-electron chi connectivity index (χ2n) is 8.70. The van der Waals surface area contributed by atoms with Crippen LogP contribution >= 0.6 is 0 Å². The largest absolute Gasteiger partial charge is 0.497 e. The van der Waals surface area contributed by atoms with Crippen molar-refractivity contribution in [2.24, 2.45) is 4.99 Å². The van der Waals surface area contributed by atoms with E-state index < -0.39 is 17.0 Å². The van der Waals surface area contributed by atoms with Gasteiger partial charge >= 0.3 is 0 Å². The van der Waals surface area contributed by atoms with Crippen LogP contribution in [0.3, 0.4) is 0 Å². The summed E-state index contributed by atoms with van der Waals surface area (Å²) in [4.78, 5) is 6.46. The van der Waals surface area contributed by atoms with E-state index in [0.29, 0.717) is 23.4 Å². The van der Waals surface area contributed by atoms with Crippen LogP contribution in [-0.2, 0) is 16.6 Å². The highest BCUT2D eigenvalue weighted by Gasteiger charge is 2.43. The molecule has 4 rings (SSSR count). The van der Waals surface area contributed by atoms with Gasteiger partial charge in [-0.1, -0.05) is 30.3 Å². The van der Waals surface area contributed by atoms with Gasteiger partial charge in [-0.15, -0.1) is 0 Å². The molecule has 0 bridgehead atoms. The van der Waals surface area contributed by atoms with Crippen molar-refractivity contribution >= 4 is 17.8 Å². The van der Waals surface area contributed by atoms with Gasteiger partial charge in [0.25, 0.3) is 0 Å². The first-order valence-electron chi connectivity index (χ1n) is 11.7. The van der Waals surface area contributed by atoms with E-state index in [2.05, 4.69) is 9.89 Å². The number of anilines is 1. The van der Waals surface area contributed by atoms with Gasteiger partial charge in [0.2, 0.25) is 5.90 Å². The van der Waals surface area contributed by atoms with Gasteiger partial charge in [-0.3, -0.25) is 10.4 Å². The van der Waals surface area contributed by atoms with E-state index in [9.17, 15) is 8.78 Å². The normalized spacial score (nSPS) is 18.0. The lowest BCUT2D eigenvalue weighted by molar-refractivity contribution is 0.317. The van der Waals surface area contributed by atoms with Crippen LogP contribution in [-0.4, -0.2) is 32.5 Å². The second kappa shape index (κ2) is 10.7. The van der Waals surface area contributed by atoms with Gasteiger partial charge in [0.15, 0.2) is 18.4 Å². The molecule has 5 nitrogen and oxygen atoms in total. The Bertz CT molecular complexity index is 1310. The van der Waals surface area contributed by atoms with Crippen LogP contribution in [0.5, 0.6) is 5.75 Å². The van der Waals surface area contributed by atoms with Crippen LogP contribution in [0.1, 0.15) is 30.5 Å². The maximum Gasteiger partial charge on any atom is 0.215 e. The van der Waals surface area contributed by atoms with Gasteiger partial charge in [-0.2, -0.15) is 0 Å².